The van der Waals surface area contributed by atoms with Gasteiger partial charge in [-0.05, 0) is 12.1 Å². The Kier molecular flexibility index (Phi) is 2.79. The molecule has 0 bridgehead atoms. The average molecular weight is 212 g/mol. The van der Waals surface area contributed by atoms with E-state index in [9.17, 15) is 0 Å². The Morgan fingerprint density at radius 3 is 2.71 bits per heavy atom. The molecule has 3 N–H and O–H groups in total. The highest BCUT2D eigenvalue weighted by Crippen LogP contribution is 2.29. The normalized spacial score (nSPS) is 17.1. The molecular weight excluding hydrogens is 198 g/mol. The molecule has 1 aliphatic rings. The van der Waals surface area contributed by atoms with Crippen molar-refractivity contribution in [1.82, 2.24) is 5.32 Å². The summed E-state index contributed by atoms with van der Waals surface area (Å²) in [4.78, 5) is 2.26. The highest BCUT2D eigenvalue weighted by atomic mass is 35.5. The molecule has 0 unspecified atom stereocenters. The molecule has 0 radical (unpaired) electrons. The second-order valence-electron chi connectivity index (χ2n) is 3.41. The number of nitrogens with one attached hydrogen (secondary N) is 1. The molecule has 1 aromatic rings. The topological polar surface area (TPSA) is 41.3 Å². The number of benzene rings is 1. The molecule has 2 rings (SSSR count). The average Bonchev–Trinajstić information content (AvgIpc) is 2.23. The van der Waals surface area contributed by atoms with Gasteiger partial charge in [0.2, 0.25) is 0 Å². The first-order valence-electron chi connectivity index (χ1n) is 4.78. The third-order valence-corrected chi connectivity index (χ3v) is 2.82. The van der Waals surface area contributed by atoms with E-state index in [1.54, 1.807) is 0 Å². The molecule has 1 fully saturated rings. The van der Waals surface area contributed by atoms with Gasteiger partial charge in [-0.25, -0.2) is 0 Å². The van der Waals surface area contributed by atoms with Crippen LogP contribution in [0.1, 0.15) is 0 Å². The van der Waals surface area contributed by atoms with E-state index in [2.05, 4.69) is 10.2 Å². The molecule has 0 amide bonds. The van der Waals surface area contributed by atoms with Gasteiger partial charge in [-0.2, -0.15) is 0 Å². The Balaban J connectivity index is 2.26. The van der Waals surface area contributed by atoms with Crippen molar-refractivity contribution in [2.75, 3.05) is 36.8 Å². The zero-order valence-corrected chi connectivity index (χ0v) is 8.72. The summed E-state index contributed by atoms with van der Waals surface area (Å²) in [6, 6.07) is 5.78. The van der Waals surface area contributed by atoms with Crippen LogP contribution in [-0.4, -0.2) is 26.2 Å². The number of hydrogen-bond acceptors (Lipinski definition) is 3. The van der Waals surface area contributed by atoms with E-state index in [1.807, 2.05) is 18.2 Å². The number of anilines is 2. The number of rotatable bonds is 1. The van der Waals surface area contributed by atoms with Crippen molar-refractivity contribution in [3.8, 4) is 0 Å². The lowest BCUT2D eigenvalue weighted by atomic mass is 10.2. The van der Waals surface area contributed by atoms with Crippen LogP contribution in [-0.2, 0) is 0 Å². The Morgan fingerprint density at radius 2 is 2.00 bits per heavy atom. The van der Waals surface area contributed by atoms with Crippen LogP contribution in [0, 0.1) is 0 Å². The minimum Gasteiger partial charge on any atom is -0.396 e. The summed E-state index contributed by atoms with van der Waals surface area (Å²) in [5.74, 6) is 0. The van der Waals surface area contributed by atoms with E-state index in [4.69, 9.17) is 17.3 Å². The van der Waals surface area contributed by atoms with Crippen molar-refractivity contribution < 1.29 is 0 Å². The van der Waals surface area contributed by atoms with Gasteiger partial charge >= 0.3 is 0 Å². The van der Waals surface area contributed by atoms with E-state index in [0.29, 0.717) is 10.7 Å². The van der Waals surface area contributed by atoms with Crippen LogP contribution in [0.4, 0.5) is 11.4 Å². The Morgan fingerprint density at radius 1 is 1.29 bits per heavy atom. The Bertz CT molecular complexity index is 321. The number of para-hydroxylation sites is 1. The summed E-state index contributed by atoms with van der Waals surface area (Å²) < 4.78 is 0. The van der Waals surface area contributed by atoms with Gasteiger partial charge in [0.15, 0.2) is 0 Å². The largest absolute Gasteiger partial charge is 0.396 e. The first-order valence-corrected chi connectivity index (χ1v) is 5.16. The van der Waals surface area contributed by atoms with Crippen molar-refractivity contribution >= 4 is 23.0 Å². The number of halogens is 1. The van der Waals surface area contributed by atoms with Crippen molar-refractivity contribution in [2.45, 2.75) is 0 Å². The second kappa shape index (κ2) is 4.07. The molecule has 0 atom stereocenters. The smallest absolute Gasteiger partial charge is 0.0741 e. The molecule has 76 valence electrons. The molecule has 1 saturated heterocycles. The van der Waals surface area contributed by atoms with Crippen LogP contribution >= 0.6 is 11.6 Å². The molecule has 3 nitrogen and oxygen atoms in total. The number of nitrogens with two attached hydrogens (primary N) is 1. The van der Waals surface area contributed by atoms with Gasteiger partial charge in [0, 0.05) is 26.2 Å². The summed E-state index contributed by atoms with van der Waals surface area (Å²) in [6.45, 7) is 3.99. The molecule has 0 saturated carbocycles. The van der Waals surface area contributed by atoms with Crippen molar-refractivity contribution in [2.24, 2.45) is 0 Å². The minimum atomic E-state index is 0.640. The summed E-state index contributed by atoms with van der Waals surface area (Å²) in [5, 5.41) is 3.94. The van der Waals surface area contributed by atoms with Crippen molar-refractivity contribution in [3.63, 3.8) is 0 Å². The lowest BCUT2D eigenvalue weighted by molar-refractivity contribution is 0.590. The van der Waals surface area contributed by atoms with Gasteiger partial charge in [-0.3, -0.25) is 0 Å². The quantitative estimate of drug-likeness (QED) is 0.689. The van der Waals surface area contributed by atoms with E-state index in [-0.39, 0.29) is 0 Å². The van der Waals surface area contributed by atoms with Crippen LogP contribution in [0.25, 0.3) is 0 Å². The SMILES string of the molecule is Nc1c(Cl)cccc1N1CCNCC1. The monoisotopic (exact) mass is 211 g/mol. The molecule has 1 aromatic carbocycles. The predicted octanol–water partition coefficient (Wildman–Crippen LogP) is 1.33. The number of nitrogen functional groups attached to an aromatic ring is 1. The lowest BCUT2D eigenvalue weighted by Gasteiger charge is -2.30. The fourth-order valence-electron chi connectivity index (χ4n) is 1.71. The van der Waals surface area contributed by atoms with Gasteiger partial charge < -0.3 is 16.0 Å². The summed E-state index contributed by atoms with van der Waals surface area (Å²) in [5.41, 5.74) is 7.66. The van der Waals surface area contributed by atoms with E-state index >= 15 is 0 Å². The van der Waals surface area contributed by atoms with Gasteiger partial charge in [-0.1, -0.05) is 17.7 Å². The fraction of sp³-hybridized carbons (Fsp3) is 0.400. The maximum Gasteiger partial charge on any atom is 0.0741 e. The standard InChI is InChI=1S/C10H14ClN3/c11-8-2-1-3-9(10(8)12)14-6-4-13-5-7-14/h1-3,13H,4-7,12H2. The molecule has 0 aromatic heterocycles. The van der Waals surface area contributed by atoms with Gasteiger partial charge in [0.1, 0.15) is 0 Å². The fourth-order valence-corrected chi connectivity index (χ4v) is 1.88. The predicted molar refractivity (Wildman–Crippen MR) is 60.9 cm³/mol. The Labute approximate surface area is 88.8 Å². The van der Waals surface area contributed by atoms with Crippen LogP contribution in [0.15, 0.2) is 18.2 Å². The first-order chi connectivity index (χ1) is 6.79. The van der Waals surface area contributed by atoms with Crippen LogP contribution in [0.5, 0.6) is 0 Å². The number of nitrogens with zero attached hydrogens (tertiary/aromatic N) is 1. The highest BCUT2D eigenvalue weighted by molar-refractivity contribution is 6.33. The Hall–Kier alpha value is -0.930. The maximum atomic E-state index is 5.97. The van der Waals surface area contributed by atoms with Gasteiger partial charge in [0.05, 0.1) is 16.4 Å². The third kappa shape index (κ3) is 1.79. The summed E-state index contributed by atoms with van der Waals surface area (Å²) in [6.07, 6.45) is 0. The van der Waals surface area contributed by atoms with Gasteiger partial charge in [-0.15, -0.1) is 0 Å². The molecule has 1 aliphatic heterocycles. The number of piperazine rings is 1. The molecule has 14 heavy (non-hydrogen) atoms. The van der Waals surface area contributed by atoms with Crippen molar-refractivity contribution in [3.05, 3.63) is 23.2 Å². The molecular formula is C10H14ClN3. The summed E-state index contributed by atoms with van der Waals surface area (Å²) in [7, 11) is 0. The third-order valence-electron chi connectivity index (χ3n) is 2.49. The van der Waals surface area contributed by atoms with E-state index in [1.165, 1.54) is 0 Å². The van der Waals surface area contributed by atoms with Crippen LogP contribution in [0.2, 0.25) is 5.02 Å². The highest BCUT2D eigenvalue weighted by Gasteiger charge is 2.13. The minimum absolute atomic E-state index is 0.640. The van der Waals surface area contributed by atoms with E-state index < -0.39 is 0 Å². The van der Waals surface area contributed by atoms with Crippen LogP contribution in [0.3, 0.4) is 0 Å². The maximum absolute atomic E-state index is 5.97. The number of hydrogen-bond donors (Lipinski definition) is 2. The molecule has 0 aliphatic carbocycles. The zero-order chi connectivity index (χ0) is 9.97. The lowest BCUT2D eigenvalue weighted by Crippen LogP contribution is -2.43. The van der Waals surface area contributed by atoms with Gasteiger partial charge in [0.25, 0.3) is 0 Å². The van der Waals surface area contributed by atoms with Crippen molar-refractivity contribution in [1.29, 1.82) is 0 Å². The molecule has 0 spiro atoms. The van der Waals surface area contributed by atoms with Crippen LogP contribution < -0.4 is 16.0 Å². The second-order valence-corrected chi connectivity index (χ2v) is 3.82. The molecule has 1 heterocycles. The first kappa shape index (κ1) is 9.62. The molecule has 4 heteroatoms. The van der Waals surface area contributed by atoms with E-state index in [0.717, 1.165) is 31.9 Å². The summed E-state index contributed by atoms with van der Waals surface area (Å²) >= 11 is 5.97. The zero-order valence-electron chi connectivity index (χ0n) is 7.96.